The zero-order valence-electron chi connectivity index (χ0n) is 29.0. The van der Waals surface area contributed by atoms with E-state index in [2.05, 4.69) is 9.97 Å². The van der Waals surface area contributed by atoms with Crippen LogP contribution < -0.4 is 9.80 Å². The normalized spacial score (nSPS) is 24.6. The highest BCUT2D eigenvalue weighted by Gasteiger charge is 2.42. The summed E-state index contributed by atoms with van der Waals surface area (Å²) in [7, 11) is 1.35. The molecule has 2 saturated heterocycles. The molecule has 0 bridgehead atoms. The van der Waals surface area contributed by atoms with Gasteiger partial charge in [-0.15, -0.1) is 0 Å². The Bertz CT molecular complexity index is 1430. The number of methoxy groups -OCH3 is 1. The molecule has 0 N–H and O–H groups in total. The van der Waals surface area contributed by atoms with Gasteiger partial charge in [0.15, 0.2) is 0 Å². The van der Waals surface area contributed by atoms with Gasteiger partial charge >= 0.3 is 24.4 Å². The van der Waals surface area contributed by atoms with Crippen molar-refractivity contribution in [3.05, 3.63) is 47.3 Å². The molecule has 0 radical (unpaired) electrons. The number of hydrogen-bond donors (Lipinski definition) is 0. The molecule has 3 fully saturated rings. The van der Waals surface area contributed by atoms with E-state index in [1.807, 2.05) is 18.7 Å². The van der Waals surface area contributed by atoms with Crippen molar-refractivity contribution in [1.82, 2.24) is 14.9 Å². The zero-order valence-corrected chi connectivity index (χ0v) is 29.0. The highest BCUT2D eigenvalue weighted by molar-refractivity contribution is 5.72. The van der Waals surface area contributed by atoms with Crippen molar-refractivity contribution in [3.63, 3.8) is 0 Å². The minimum absolute atomic E-state index is 0.119. The molecule has 0 spiro atoms. The quantitative estimate of drug-likeness (QED) is 0.195. The SMILES string of the molecule is CC[C@@H]1C[C@H](N(Cc2cc(C(F)(F)F)cc(C(F)(F)F)c2)c2ncc(N3CCOCC3)cn2)C[C@H](CC)N1C(=O)O[C@H]1CC[C@H](C(=O)OC)CC1. The van der Waals surface area contributed by atoms with Crippen molar-refractivity contribution in [2.75, 3.05) is 43.2 Å². The first-order chi connectivity index (χ1) is 24.2. The molecule has 282 valence electrons. The van der Waals surface area contributed by atoms with E-state index in [9.17, 15) is 35.9 Å². The van der Waals surface area contributed by atoms with Gasteiger partial charge in [0, 0.05) is 37.8 Å². The third-order valence-electron chi connectivity index (χ3n) is 10.2. The minimum atomic E-state index is -5.00. The predicted octanol–water partition coefficient (Wildman–Crippen LogP) is 7.25. The summed E-state index contributed by atoms with van der Waals surface area (Å²) in [6.07, 6.45) is -3.70. The predicted molar refractivity (Wildman–Crippen MR) is 175 cm³/mol. The molecule has 16 heteroatoms. The maximum atomic E-state index is 13.8. The number of halogens is 6. The molecule has 1 aromatic heterocycles. The molecule has 1 saturated carbocycles. The molecule has 10 nitrogen and oxygen atoms in total. The van der Waals surface area contributed by atoms with Gasteiger partial charge in [0.25, 0.3) is 0 Å². The summed E-state index contributed by atoms with van der Waals surface area (Å²) in [5.41, 5.74) is -2.26. The molecule has 5 rings (SSSR count). The van der Waals surface area contributed by atoms with E-state index in [0.717, 1.165) is 17.8 Å². The summed E-state index contributed by atoms with van der Waals surface area (Å²) in [5, 5.41) is 0. The van der Waals surface area contributed by atoms with E-state index >= 15 is 0 Å². The van der Waals surface area contributed by atoms with Crippen molar-refractivity contribution in [2.24, 2.45) is 5.92 Å². The van der Waals surface area contributed by atoms with Crippen LogP contribution in [0.1, 0.15) is 81.9 Å². The maximum absolute atomic E-state index is 13.8. The minimum Gasteiger partial charge on any atom is -0.469 e. The van der Waals surface area contributed by atoms with Crippen LogP contribution in [0.3, 0.4) is 0 Å². The topological polar surface area (TPSA) is 97.3 Å². The van der Waals surface area contributed by atoms with Crippen LogP contribution in [0.5, 0.6) is 0 Å². The number of rotatable bonds is 9. The van der Waals surface area contributed by atoms with E-state index in [4.69, 9.17) is 14.2 Å². The fourth-order valence-corrected chi connectivity index (χ4v) is 7.43. The summed E-state index contributed by atoms with van der Waals surface area (Å²) in [6, 6.07) is 0.483. The fraction of sp³-hybridized carbons (Fsp3) is 0.657. The largest absolute Gasteiger partial charge is 0.469 e. The number of nitrogens with zero attached hydrogens (tertiary/aromatic N) is 5. The Balaban J connectivity index is 1.42. The van der Waals surface area contributed by atoms with Crippen LogP contribution in [0.15, 0.2) is 30.6 Å². The van der Waals surface area contributed by atoms with Crippen LogP contribution in [0.2, 0.25) is 0 Å². The number of carbonyl (C=O) groups is 2. The average Bonchev–Trinajstić information content (AvgIpc) is 3.12. The summed E-state index contributed by atoms with van der Waals surface area (Å²) in [6.45, 7) is 5.80. The van der Waals surface area contributed by atoms with Crippen molar-refractivity contribution in [2.45, 2.75) is 108 Å². The molecule has 3 aliphatic rings. The standard InChI is InChI=1S/C35H45F6N5O5/c1-4-26-17-28(18-27(5-2)46(26)33(48)51-30-8-6-23(7-9-30)31(47)49-3)45(32-42-19-29(20-43-32)44-10-12-50-13-11-44)21-22-14-24(34(36,37)38)16-25(15-22)35(39,40)41/h14-16,19-20,23,26-28,30H,4-13,17-18,21H2,1-3H3/t23-,26-,27+,28+,30-. The number of carbonyl (C=O) groups excluding carboxylic acids is 2. The average molecular weight is 730 g/mol. The number of piperidine rings is 1. The molecule has 3 atom stereocenters. The Labute approximate surface area is 293 Å². The lowest BCUT2D eigenvalue weighted by atomic mass is 9.87. The Hall–Kier alpha value is -3.82. The number of ether oxygens (including phenoxy) is 3. The molecule has 3 heterocycles. The van der Waals surface area contributed by atoms with E-state index in [1.54, 1.807) is 22.2 Å². The molecule has 1 aromatic carbocycles. The third kappa shape index (κ3) is 9.35. The van der Waals surface area contributed by atoms with Gasteiger partial charge in [-0.2, -0.15) is 26.3 Å². The van der Waals surface area contributed by atoms with Gasteiger partial charge in [-0.25, -0.2) is 14.8 Å². The molecule has 2 aliphatic heterocycles. The van der Waals surface area contributed by atoms with Gasteiger partial charge in [0.1, 0.15) is 6.10 Å². The van der Waals surface area contributed by atoms with E-state index in [-0.39, 0.29) is 54.2 Å². The Kier molecular flexibility index (Phi) is 12.2. The summed E-state index contributed by atoms with van der Waals surface area (Å²) in [5.74, 6) is -0.346. The lowest BCUT2D eigenvalue weighted by Crippen LogP contribution is -2.57. The number of aromatic nitrogens is 2. The molecular formula is C35H45F6N5O5. The number of alkyl halides is 6. The number of esters is 1. The number of anilines is 2. The summed E-state index contributed by atoms with van der Waals surface area (Å²) in [4.78, 5) is 40.3. The summed E-state index contributed by atoms with van der Waals surface area (Å²) < 4.78 is 99.2. The Morgan fingerprint density at radius 1 is 0.882 bits per heavy atom. The zero-order chi connectivity index (χ0) is 36.9. The van der Waals surface area contributed by atoms with Gasteiger partial charge in [0.05, 0.1) is 55.4 Å². The van der Waals surface area contributed by atoms with E-state index in [1.165, 1.54) is 7.11 Å². The third-order valence-corrected chi connectivity index (χ3v) is 10.2. The second-order valence-electron chi connectivity index (χ2n) is 13.4. The Morgan fingerprint density at radius 3 is 1.92 bits per heavy atom. The second-order valence-corrected chi connectivity index (χ2v) is 13.4. The maximum Gasteiger partial charge on any atom is 0.416 e. The highest BCUT2D eigenvalue weighted by Crippen LogP contribution is 2.39. The van der Waals surface area contributed by atoms with E-state index in [0.29, 0.717) is 77.7 Å². The number of benzene rings is 1. The van der Waals surface area contributed by atoms with E-state index < -0.39 is 35.6 Å². The number of morpholine rings is 1. The first-order valence-electron chi connectivity index (χ1n) is 17.5. The number of hydrogen-bond acceptors (Lipinski definition) is 9. The van der Waals surface area contributed by atoms with Gasteiger partial charge in [-0.3, -0.25) is 4.79 Å². The molecule has 1 amide bonds. The molecule has 51 heavy (non-hydrogen) atoms. The van der Waals surface area contributed by atoms with Crippen LogP contribution in [0.25, 0.3) is 0 Å². The smallest absolute Gasteiger partial charge is 0.416 e. The van der Waals surface area contributed by atoms with Crippen LogP contribution in [-0.2, 0) is 37.9 Å². The van der Waals surface area contributed by atoms with Crippen LogP contribution in [0, 0.1) is 5.92 Å². The lowest BCUT2D eigenvalue weighted by molar-refractivity contribution is -0.147. The van der Waals surface area contributed by atoms with Crippen molar-refractivity contribution < 1.29 is 50.1 Å². The first kappa shape index (κ1) is 38.4. The Morgan fingerprint density at radius 2 is 1.43 bits per heavy atom. The second kappa shape index (κ2) is 16.2. The van der Waals surface area contributed by atoms with Crippen molar-refractivity contribution >= 4 is 23.7 Å². The van der Waals surface area contributed by atoms with Gasteiger partial charge in [-0.05, 0) is 75.1 Å². The molecule has 0 unspecified atom stereocenters. The van der Waals surface area contributed by atoms with Crippen LogP contribution in [-0.4, -0.2) is 84.6 Å². The van der Waals surface area contributed by atoms with Crippen LogP contribution in [0.4, 0.5) is 42.8 Å². The highest BCUT2D eigenvalue weighted by atomic mass is 19.4. The summed E-state index contributed by atoms with van der Waals surface area (Å²) >= 11 is 0. The molecule has 1 aliphatic carbocycles. The van der Waals surface area contributed by atoms with Gasteiger partial charge in [0.2, 0.25) is 5.95 Å². The van der Waals surface area contributed by atoms with Gasteiger partial charge < -0.3 is 28.9 Å². The van der Waals surface area contributed by atoms with Crippen LogP contribution >= 0.6 is 0 Å². The molecule has 2 aromatic rings. The number of amides is 1. The first-order valence-corrected chi connectivity index (χ1v) is 17.5. The monoisotopic (exact) mass is 729 g/mol. The van der Waals surface area contributed by atoms with Crippen molar-refractivity contribution in [1.29, 1.82) is 0 Å². The lowest BCUT2D eigenvalue weighted by Gasteiger charge is -2.47. The van der Waals surface area contributed by atoms with Crippen molar-refractivity contribution in [3.8, 4) is 0 Å². The fourth-order valence-electron chi connectivity index (χ4n) is 7.43. The van der Waals surface area contributed by atoms with Gasteiger partial charge in [-0.1, -0.05) is 13.8 Å². The number of likely N-dealkylation sites (tertiary alicyclic amines) is 1. The molecular weight excluding hydrogens is 684 g/mol.